The van der Waals surface area contributed by atoms with Crippen LogP contribution in [-0.2, 0) is 14.8 Å². The highest BCUT2D eigenvalue weighted by molar-refractivity contribution is 7.89. The zero-order valence-corrected chi connectivity index (χ0v) is 14.4. The fraction of sp³-hybridized carbons (Fsp3) is 0.600. The highest BCUT2D eigenvalue weighted by Crippen LogP contribution is 2.22. The monoisotopic (exact) mass is 340 g/mol. The van der Waals surface area contributed by atoms with Gasteiger partial charge in [-0.15, -0.1) is 0 Å². The van der Waals surface area contributed by atoms with Gasteiger partial charge in [0.15, 0.2) is 0 Å². The Hall–Kier alpha value is -1.51. The average Bonchev–Trinajstić information content (AvgIpc) is 2.56. The predicted octanol–water partition coefficient (Wildman–Crippen LogP) is 0.226. The second-order valence-electron chi connectivity index (χ2n) is 5.43. The number of pyridine rings is 1. The number of sulfonamides is 1. The van der Waals surface area contributed by atoms with Crippen LogP contribution < -0.4 is 5.32 Å². The number of hydrogen-bond donors (Lipinski definition) is 1. The molecule has 1 saturated heterocycles. The molecule has 1 N–H and O–H groups in total. The number of carbonyl (C=O) groups is 1. The molecule has 1 atom stereocenters. The zero-order valence-electron chi connectivity index (χ0n) is 13.6. The van der Waals surface area contributed by atoms with Gasteiger partial charge in [0.05, 0.1) is 6.04 Å². The minimum absolute atomic E-state index is 0.183. The second kappa shape index (κ2) is 7.85. The predicted molar refractivity (Wildman–Crippen MR) is 88.3 cm³/mol. The molecule has 23 heavy (non-hydrogen) atoms. The van der Waals surface area contributed by atoms with Crippen molar-refractivity contribution in [1.82, 2.24) is 19.5 Å². The number of aromatic nitrogens is 1. The summed E-state index contributed by atoms with van der Waals surface area (Å²) in [5, 5.41) is 3.24. The number of nitrogens with zero attached hydrogens (tertiary/aromatic N) is 3. The SMILES string of the molecule is CCN(CC)S(=O)(=O)CC(=O)N1CCNCC1c1cccnc1. The van der Waals surface area contributed by atoms with E-state index in [-0.39, 0.29) is 11.9 Å². The molecule has 0 saturated carbocycles. The Morgan fingerprint density at radius 2 is 2.17 bits per heavy atom. The van der Waals surface area contributed by atoms with Gasteiger partial charge in [0.25, 0.3) is 0 Å². The molecule has 0 aromatic carbocycles. The van der Waals surface area contributed by atoms with Crippen molar-refractivity contribution in [1.29, 1.82) is 0 Å². The van der Waals surface area contributed by atoms with E-state index in [1.54, 1.807) is 31.1 Å². The molecule has 128 valence electrons. The van der Waals surface area contributed by atoms with Crippen molar-refractivity contribution in [2.75, 3.05) is 38.5 Å². The van der Waals surface area contributed by atoms with Crippen LogP contribution in [-0.4, -0.2) is 67.0 Å². The molecule has 2 rings (SSSR count). The van der Waals surface area contributed by atoms with Gasteiger partial charge < -0.3 is 10.2 Å². The van der Waals surface area contributed by atoms with E-state index in [1.807, 2.05) is 12.1 Å². The third kappa shape index (κ3) is 4.27. The molecule has 1 fully saturated rings. The van der Waals surface area contributed by atoms with Crippen molar-refractivity contribution in [3.05, 3.63) is 30.1 Å². The van der Waals surface area contributed by atoms with Crippen molar-refractivity contribution in [3.8, 4) is 0 Å². The molecule has 1 aliphatic rings. The molecular formula is C15H24N4O3S. The highest BCUT2D eigenvalue weighted by atomic mass is 32.2. The average molecular weight is 340 g/mol. The van der Waals surface area contributed by atoms with E-state index in [9.17, 15) is 13.2 Å². The second-order valence-corrected chi connectivity index (χ2v) is 7.40. The molecule has 1 aromatic rings. The van der Waals surface area contributed by atoms with E-state index in [2.05, 4.69) is 10.3 Å². The van der Waals surface area contributed by atoms with Crippen molar-refractivity contribution in [3.63, 3.8) is 0 Å². The maximum absolute atomic E-state index is 12.6. The summed E-state index contributed by atoms with van der Waals surface area (Å²) in [4.78, 5) is 18.3. The van der Waals surface area contributed by atoms with Crippen LogP contribution in [0.2, 0.25) is 0 Å². The molecule has 1 aliphatic heterocycles. The van der Waals surface area contributed by atoms with Crippen molar-refractivity contribution in [2.45, 2.75) is 19.9 Å². The smallest absolute Gasteiger partial charge is 0.239 e. The van der Waals surface area contributed by atoms with E-state index in [0.29, 0.717) is 32.7 Å². The third-order valence-electron chi connectivity index (χ3n) is 4.04. The number of amides is 1. The van der Waals surface area contributed by atoms with E-state index in [1.165, 1.54) is 4.31 Å². The van der Waals surface area contributed by atoms with Crippen molar-refractivity contribution < 1.29 is 13.2 Å². The zero-order chi connectivity index (χ0) is 16.9. The van der Waals surface area contributed by atoms with E-state index < -0.39 is 15.8 Å². The molecule has 8 heteroatoms. The fourth-order valence-corrected chi connectivity index (χ4v) is 4.27. The fourth-order valence-electron chi connectivity index (χ4n) is 2.82. The number of nitrogens with one attached hydrogen (secondary N) is 1. The lowest BCUT2D eigenvalue weighted by molar-refractivity contribution is -0.131. The molecule has 2 heterocycles. The van der Waals surface area contributed by atoms with Gasteiger partial charge >= 0.3 is 0 Å². The van der Waals surface area contributed by atoms with Crippen molar-refractivity contribution >= 4 is 15.9 Å². The van der Waals surface area contributed by atoms with Crippen LogP contribution in [0.5, 0.6) is 0 Å². The standard InChI is InChI=1S/C15H24N4O3S/c1-3-18(4-2)23(21,22)12-15(20)19-9-8-17-11-14(19)13-6-5-7-16-10-13/h5-7,10,14,17H,3-4,8-9,11-12H2,1-2H3. The van der Waals surface area contributed by atoms with Gasteiger partial charge in [0.1, 0.15) is 5.75 Å². The molecule has 1 aromatic heterocycles. The number of carbonyl (C=O) groups excluding carboxylic acids is 1. The number of piperazine rings is 1. The van der Waals surface area contributed by atoms with Crippen LogP contribution >= 0.6 is 0 Å². The first-order valence-electron chi connectivity index (χ1n) is 7.87. The Labute approximate surface area is 137 Å². The molecule has 1 amide bonds. The molecule has 7 nitrogen and oxygen atoms in total. The first-order valence-corrected chi connectivity index (χ1v) is 9.48. The van der Waals surface area contributed by atoms with Gasteiger partial charge in [-0.05, 0) is 11.6 Å². The van der Waals surface area contributed by atoms with E-state index in [0.717, 1.165) is 5.56 Å². The normalized spacial score (nSPS) is 19.1. The first-order chi connectivity index (χ1) is 11.0. The Balaban J connectivity index is 2.16. The highest BCUT2D eigenvalue weighted by Gasteiger charge is 2.32. The lowest BCUT2D eigenvalue weighted by Crippen LogP contribution is -2.51. The lowest BCUT2D eigenvalue weighted by Gasteiger charge is -2.36. The van der Waals surface area contributed by atoms with Gasteiger partial charge in [0.2, 0.25) is 15.9 Å². The Morgan fingerprint density at radius 3 is 2.78 bits per heavy atom. The minimum atomic E-state index is -3.57. The number of hydrogen-bond acceptors (Lipinski definition) is 5. The summed E-state index contributed by atoms with van der Waals surface area (Å²) >= 11 is 0. The maximum Gasteiger partial charge on any atom is 0.239 e. The number of rotatable bonds is 6. The Bertz CT molecular complexity index is 617. The largest absolute Gasteiger partial charge is 0.332 e. The Kier molecular flexibility index (Phi) is 6.09. The maximum atomic E-state index is 12.6. The third-order valence-corrected chi connectivity index (χ3v) is 5.95. The molecule has 1 unspecified atom stereocenters. The van der Waals surface area contributed by atoms with Gasteiger partial charge in [-0.2, -0.15) is 0 Å². The topological polar surface area (TPSA) is 82.6 Å². The summed E-state index contributed by atoms with van der Waals surface area (Å²) < 4.78 is 26.0. The molecule has 0 bridgehead atoms. The van der Waals surface area contributed by atoms with Crippen LogP contribution in [0.25, 0.3) is 0 Å². The first kappa shape index (κ1) is 17.8. The molecule has 0 aliphatic carbocycles. The van der Waals surface area contributed by atoms with Gasteiger partial charge in [0, 0.05) is 45.1 Å². The van der Waals surface area contributed by atoms with E-state index >= 15 is 0 Å². The van der Waals surface area contributed by atoms with Crippen LogP contribution in [0, 0.1) is 0 Å². The summed E-state index contributed by atoms with van der Waals surface area (Å²) in [6.45, 7) is 6.05. The van der Waals surface area contributed by atoms with Gasteiger partial charge in [-0.1, -0.05) is 19.9 Å². The van der Waals surface area contributed by atoms with Gasteiger partial charge in [-0.3, -0.25) is 9.78 Å². The Morgan fingerprint density at radius 1 is 1.43 bits per heavy atom. The summed E-state index contributed by atoms with van der Waals surface area (Å²) in [5.41, 5.74) is 0.910. The lowest BCUT2D eigenvalue weighted by atomic mass is 10.1. The van der Waals surface area contributed by atoms with Crippen LogP contribution in [0.15, 0.2) is 24.5 Å². The summed E-state index contributed by atoms with van der Waals surface area (Å²) in [7, 11) is -3.57. The minimum Gasteiger partial charge on any atom is -0.332 e. The molecular weight excluding hydrogens is 316 g/mol. The van der Waals surface area contributed by atoms with Gasteiger partial charge in [-0.25, -0.2) is 12.7 Å². The van der Waals surface area contributed by atoms with E-state index in [4.69, 9.17) is 0 Å². The summed E-state index contributed by atoms with van der Waals surface area (Å²) in [6.07, 6.45) is 3.40. The van der Waals surface area contributed by atoms with Crippen LogP contribution in [0.4, 0.5) is 0 Å². The molecule has 0 spiro atoms. The molecule has 0 radical (unpaired) electrons. The van der Waals surface area contributed by atoms with Crippen molar-refractivity contribution in [2.24, 2.45) is 0 Å². The summed E-state index contributed by atoms with van der Waals surface area (Å²) in [5.74, 6) is -0.835. The van der Waals surface area contributed by atoms with Crippen LogP contribution in [0.3, 0.4) is 0 Å². The summed E-state index contributed by atoms with van der Waals surface area (Å²) in [6, 6.07) is 3.54. The quantitative estimate of drug-likeness (QED) is 0.801. The van der Waals surface area contributed by atoms with Crippen LogP contribution in [0.1, 0.15) is 25.5 Å².